The molecule has 0 unspecified atom stereocenters. The first-order valence-corrected chi connectivity index (χ1v) is 6.19. The van der Waals surface area contributed by atoms with Gasteiger partial charge in [-0.1, -0.05) is 6.07 Å². The van der Waals surface area contributed by atoms with Crippen LogP contribution >= 0.6 is 0 Å². The molecule has 2 aromatic carbocycles. The normalized spacial score (nSPS) is 10.8. The van der Waals surface area contributed by atoms with Gasteiger partial charge >= 0.3 is 5.69 Å². The average Bonchev–Trinajstić information content (AvgIpc) is 2.47. The second-order valence-corrected chi connectivity index (χ2v) is 4.46. The van der Waals surface area contributed by atoms with E-state index in [4.69, 9.17) is 4.74 Å². The van der Waals surface area contributed by atoms with Crippen LogP contribution in [0.3, 0.4) is 0 Å². The first-order valence-electron chi connectivity index (χ1n) is 6.19. The third-order valence-electron chi connectivity index (χ3n) is 3.17. The van der Waals surface area contributed by atoms with E-state index in [0.29, 0.717) is 11.4 Å². The summed E-state index contributed by atoms with van der Waals surface area (Å²) >= 11 is 0. The molecular weight excluding hydrogens is 275 g/mol. The number of aromatic amines is 1. The lowest BCUT2D eigenvalue weighted by Gasteiger charge is -2.08. The van der Waals surface area contributed by atoms with Crippen LogP contribution in [0.15, 0.2) is 52.1 Å². The van der Waals surface area contributed by atoms with Crippen LogP contribution in [0.5, 0.6) is 5.75 Å². The van der Waals surface area contributed by atoms with Crippen LogP contribution in [-0.2, 0) is 0 Å². The summed E-state index contributed by atoms with van der Waals surface area (Å²) in [7, 11) is 1.50. The van der Waals surface area contributed by atoms with Gasteiger partial charge in [0.15, 0.2) is 0 Å². The van der Waals surface area contributed by atoms with E-state index >= 15 is 0 Å². The second kappa shape index (κ2) is 4.90. The number of fused-ring (bicyclic) bond motifs is 1. The predicted molar refractivity (Wildman–Crippen MR) is 76.7 cm³/mol. The van der Waals surface area contributed by atoms with Gasteiger partial charge in [-0.2, -0.15) is 0 Å². The number of hydrogen-bond donors (Lipinski definition) is 1. The summed E-state index contributed by atoms with van der Waals surface area (Å²) in [4.78, 5) is 27.1. The van der Waals surface area contributed by atoms with E-state index < -0.39 is 17.1 Å². The smallest absolute Gasteiger partial charge is 0.333 e. The molecule has 5 nitrogen and oxygen atoms in total. The van der Waals surface area contributed by atoms with E-state index in [-0.39, 0.29) is 10.9 Å². The zero-order valence-corrected chi connectivity index (χ0v) is 11.1. The van der Waals surface area contributed by atoms with Crippen LogP contribution in [0.1, 0.15) is 0 Å². The Morgan fingerprint density at radius 1 is 1.14 bits per heavy atom. The molecule has 106 valence electrons. The standard InChI is InChI=1S/C15H11FN2O3/c1-21-11-4-2-3-10(8-11)18-14(19)12-6-5-9(16)7-13(12)17-15(18)20/h2-8H,1H3,(H,17,20). The first kappa shape index (κ1) is 13.1. The topological polar surface area (TPSA) is 64.1 Å². The fourth-order valence-electron chi connectivity index (χ4n) is 2.17. The second-order valence-electron chi connectivity index (χ2n) is 4.46. The summed E-state index contributed by atoms with van der Waals surface area (Å²) in [5.41, 5.74) is -0.593. The maximum Gasteiger partial charge on any atom is 0.333 e. The van der Waals surface area contributed by atoms with E-state index in [1.165, 1.54) is 19.2 Å². The van der Waals surface area contributed by atoms with Gasteiger partial charge in [0, 0.05) is 6.07 Å². The molecule has 1 heterocycles. The van der Waals surface area contributed by atoms with Gasteiger partial charge in [-0.15, -0.1) is 0 Å². The van der Waals surface area contributed by atoms with E-state index in [1.54, 1.807) is 24.3 Å². The van der Waals surface area contributed by atoms with Crippen molar-refractivity contribution in [1.82, 2.24) is 9.55 Å². The van der Waals surface area contributed by atoms with Crippen molar-refractivity contribution in [3.8, 4) is 11.4 Å². The van der Waals surface area contributed by atoms with Crippen LogP contribution in [-0.4, -0.2) is 16.7 Å². The SMILES string of the molecule is COc1cccc(-n2c(=O)[nH]c3cc(F)ccc3c2=O)c1. The molecule has 0 aliphatic carbocycles. The molecule has 3 rings (SSSR count). The predicted octanol–water partition coefficient (Wildman–Crippen LogP) is 1.83. The summed E-state index contributed by atoms with van der Waals surface area (Å²) in [6.45, 7) is 0. The highest BCUT2D eigenvalue weighted by molar-refractivity contribution is 5.77. The largest absolute Gasteiger partial charge is 0.497 e. The molecule has 0 aliphatic rings. The number of aromatic nitrogens is 2. The molecule has 0 atom stereocenters. The number of ether oxygens (including phenoxy) is 1. The zero-order valence-electron chi connectivity index (χ0n) is 11.1. The van der Waals surface area contributed by atoms with Crippen molar-refractivity contribution >= 4 is 10.9 Å². The maximum absolute atomic E-state index is 13.2. The minimum absolute atomic E-state index is 0.171. The van der Waals surface area contributed by atoms with Gasteiger partial charge < -0.3 is 9.72 Å². The molecule has 0 amide bonds. The number of rotatable bonds is 2. The Kier molecular flexibility index (Phi) is 3.06. The summed E-state index contributed by atoms with van der Waals surface area (Å²) < 4.78 is 19.2. The molecule has 0 spiro atoms. The molecule has 1 aromatic heterocycles. The number of hydrogen-bond acceptors (Lipinski definition) is 3. The minimum atomic E-state index is -0.633. The Hall–Kier alpha value is -2.89. The summed E-state index contributed by atoms with van der Waals surface area (Å²) in [6, 6.07) is 10.2. The number of nitrogens with zero attached hydrogens (tertiary/aromatic N) is 1. The van der Waals surface area contributed by atoms with E-state index in [2.05, 4.69) is 4.98 Å². The Labute approximate surface area is 118 Å². The lowest BCUT2D eigenvalue weighted by atomic mass is 10.2. The van der Waals surface area contributed by atoms with Gasteiger partial charge in [0.1, 0.15) is 11.6 Å². The van der Waals surface area contributed by atoms with Crippen molar-refractivity contribution in [2.75, 3.05) is 7.11 Å². The molecule has 0 aliphatic heterocycles. The van der Waals surface area contributed by atoms with Crippen molar-refractivity contribution in [1.29, 1.82) is 0 Å². The molecule has 1 N–H and O–H groups in total. The average molecular weight is 286 g/mol. The van der Waals surface area contributed by atoms with E-state index in [9.17, 15) is 14.0 Å². The number of methoxy groups -OCH3 is 1. The molecule has 6 heteroatoms. The molecular formula is C15H11FN2O3. The number of benzene rings is 2. The van der Waals surface area contributed by atoms with E-state index in [0.717, 1.165) is 10.6 Å². The third kappa shape index (κ3) is 2.20. The summed E-state index contributed by atoms with van der Waals surface area (Å²) in [5, 5.41) is 0.235. The summed E-state index contributed by atoms with van der Waals surface area (Å²) in [5.74, 6) is 0.00897. The number of halogens is 1. The van der Waals surface area contributed by atoms with Crippen molar-refractivity contribution in [2.24, 2.45) is 0 Å². The third-order valence-corrected chi connectivity index (χ3v) is 3.17. The highest BCUT2D eigenvalue weighted by Gasteiger charge is 2.10. The van der Waals surface area contributed by atoms with Crippen LogP contribution < -0.4 is 16.0 Å². The van der Waals surface area contributed by atoms with Crippen LogP contribution in [0, 0.1) is 5.82 Å². The number of H-pyrrole nitrogens is 1. The Morgan fingerprint density at radius 2 is 1.95 bits per heavy atom. The first-order chi connectivity index (χ1) is 10.1. The van der Waals surface area contributed by atoms with Crippen molar-refractivity contribution in [2.45, 2.75) is 0 Å². The van der Waals surface area contributed by atoms with Gasteiger partial charge in [-0.3, -0.25) is 4.79 Å². The zero-order chi connectivity index (χ0) is 15.0. The van der Waals surface area contributed by atoms with Gasteiger partial charge in [-0.05, 0) is 30.3 Å². The van der Waals surface area contributed by atoms with Crippen LogP contribution in [0.25, 0.3) is 16.6 Å². The molecule has 3 aromatic rings. The quantitative estimate of drug-likeness (QED) is 0.781. The molecule has 0 fully saturated rings. The molecule has 0 saturated carbocycles. The Morgan fingerprint density at radius 3 is 2.71 bits per heavy atom. The summed E-state index contributed by atoms with van der Waals surface area (Å²) in [6.07, 6.45) is 0. The Balaban J connectivity index is 2.35. The highest BCUT2D eigenvalue weighted by atomic mass is 19.1. The monoisotopic (exact) mass is 286 g/mol. The lowest BCUT2D eigenvalue weighted by Crippen LogP contribution is -2.33. The molecule has 0 saturated heterocycles. The van der Waals surface area contributed by atoms with Crippen molar-refractivity contribution in [3.05, 3.63) is 69.1 Å². The fourth-order valence-corrected chi connectivity index (χ4v) is 2.17. The minimum Gasteiger partial charge on any atom is -0.497 e. The number of nitrogens with one attached hydrogen (secondary N) is 1. The van der Waals surface area contributed by atoms with Gasteiger partial charge in [-0.25, -0.2) is 13.8 Å². The molecule has 0 bridgehead atoms. The molecule has 0 radical (unpaired) electrons. The lowest BCUT2D eigenvalue weighted by molar-refractivity contribution is 0.414. The van der Waals surface area contributed by atoms with E-state index in [1.807, 2.05) is 0 Å². The maximum atomic E-state index is 13.2. The molecule has 21 heavy (non-hydrogen) atoms. The van der Waals surface area contributed by atoms with Gasteiger partial charge in [0.2, 0.25) is 0 Å². The fraction of sp³-hybridized carbons (Fsp3) is 0.0667. The Bertz CT molecular complexity index is 944. The van der Waals surface area contributed by atoms with Gasteiger partial charge in [0.05, 0.1) is 23.7 Å². The highest BCUT2D eigenvalue weighted by Crippen LogP contribution is 2.15. The van der Waals surface area contributed by atoms with Crippen molar-refractivity contribution < 1.29 is 9.13 Å². The van der Waals surface area contributed by atoms with Gasteiger partial charge in [0.25, 0.3) is 5.56 Å². The van der Waals surface area contributed by atoms with Crippen LogP contribution in [0.4, 0.5) is 4.39 Å². The van der Waals surface area contributed by atoms with Crippen LogP contribution in [0.2, 0.25) is 0 Å². The van der Waals surface area contributed by atoms with Crippen molar-refractivity contribution in [3.63, 3.8) is 0 Å².